The van der Waals surface area contributed by atoms with Gasteiger partial charge in [-0.1, -0.05) is 94.5 Å². The third-order valence-corrected chi connectivity index (χ3v) is 5.79. The van der Waals surface area contributed by atoms with Crippen molar-refractivity contribution in [2.75, 3.05) is 0 Å². The van der Waals surface area contributed by atoms with Crippen LogP contribution in [0.15, 0.2) is 66.7 Å². The summed E-state index contributed by atoms with van der Waals surface area (Å²) in [4.78, 5) is 24.3. The Morgan fingerprint density at radius 3 is 1.94 bits per heavy atom. The van der Waals surface area contributed by atoms with Crippen LogP contribution in [-0.2, 0) is 9.59 Å². The minimum atomic E-state index is -0.628. The van der Waals surface area contributed by atoms with Gasteiger partial charge in [-0.05, 0) is 53.6 Å². The van der Waals surface area contributed by atoms with Gasteiger partial charge in [0.2, 0.25) is 0 Å². The average molecular weight is 471 g/mol. The second-order valence-corrected chi connectivity index (χ2v) is 8.73. The molecule has 0 atom stereocenters. The number of hydrogen-bond donors (Lipinski definition) is 0. The van der Waals surface area contributed by atoms with E-state index in [-0.39, 0.29) is 5.97 Å². The van der Waals surface area contributed by atoms with Crippen LogP contribution >= 0.6 is 0 Å². The van der Waals surface area contributed by atoms with E-state index in [1.165, 1.54) is 44.9 Å². The topological polar surface area (TPSA) is 52.6 Å². The molecule has 0 amide bonds. The molecule has 4 nitrogen and oxygen atoms in total. The first-order chi connectivity index (χ1) is 17.1. The minimum Gasteiger partial charge on any atom is -0.427 e. The zero-order valence-electron chi connectivity index (χ0n) is 20.6. The molecule has 0 heterocycles. The Bertz CT molecular complexity index is 1150. The molecule has 0 bridgehead atoms. The molecule has 0 aromatic heterocycles. The first-order valence-electron chi connectivity index (χ1n) is 12.7. The molecule has 0 aliphatic rings. The van der Waals surface area contributed by atoms with Gasteiger partial charge in [-0.25, -0.2) is 4.79 Å². The molecule has 35 heavy (non-hydrogen) atoms. The second-order valence-electron chi connectivity index (χ2n) is 8.73. The van der Waals surface area contributed by atoms with Gasteiger partial charge >= 0.3 is 11.9 Å². The third kappa shape index (κ3) is 9.66. The number of fused-ring (bicyclic) bond motifs is 1. The lowest BCUT2D eigenvalue weighted by Crippen LogP contribution is -2.07. The molecular weight excluding hydrogens is 436 g/mol. The molecule has 3 rings (SSSR count). The van der Waals surface area contributed by atoms with Gasteiger partial charge in [0.05, 0.1) is 0 Å². The van der Waals surface area contributed by atoms with Crippen LogP contribution < -0.4 is 9.47 Å². The number of carbonyl (C=O) groups excluding carboxylic acids is 2. The fourth-order valence-corrected chi connectivity index (χ4v) is 3.87. The highest BCUT2D eigenvalue weighted by Gasteiger charge is 2.07. The average Bonchev–Trinajstić information content (AvgIpc) is 2.87. The van der Waals surface area contributed by atoms with E-state index in [1.807, 2.05) is 42.5 Å². The molecule has 0 spiro atoms. The molecular formula is C31H34O4. The first kappa shape index (κ1) is 26.0. The van der Waals surface area contributed by atoms with Crippen molar-refractivity contribution in [2.45, 2.75) is 71.1 Å². The van der Waals surface area contributed by atoms with Gasteiger partial charge in [0.1, 0.15) is 11.5 Å². The highest BCUT2D eigenvalue weighted by Crippen LogP contribution is 2.25. The van der Waals surface area contributed by atoms with Crippen molar-refractivity contribution in [1.29, 1.82) is 0 Å². The van der Waals surface area contributed by atoms with Crippen LogP contribution in [0.25, 0.3) is 10.8 Å². The Morgan fingerprint density at radius 1 is 0.686 bits per heavy atom. The van der Waals surface area contributed by atoms with Gasteiger partial charge in [-0.15, -0.1) is 0 Å². The maximum Gasteiger partial charge on any atom is 0.390 e. The standard InChI is InChI=1S/C31H34O4/c1-2-3-4-5-6-7-8-9-13-16-30(32)34-28-20-18-26-19-21-29(24-27(26)23-28)35-31(33)22-17-25-14-11-10-12-15-25/h10-12,14-15,18-21,23-24H,2-9,13,16H2,1H3. The fraction of sp³-hybridized carbons (Fsp3) is 0.355. The predicted molar refractivity (Wildman–Crippen MR) is 140 cm³/mol. The number of esters is 2. The quantitative estimate of drug-likeness (QED) is 0.118. The largest absolute Gasteiger partial charge is 0.427 e. The Hall–Kier alpha value is -3.58. The van der Waals surface area contributed by atoms with E-state index in [2.05, 4.69) is 18.8 Å². The Kier molecular flexibility index (Phi) is 10.9. The van der Waals surface area contributed by atoms with Crippen molar-refractivity contribution >= 4 is 22.7 Å². The molecule has 0 saturated heterocycles. The summed E-state index contributed by atoms with van der Waals surface area (Å²) < 4.78 is 10.9. The maximum absolute atomic E-state index is 12.3. The zero-order chi connectivity index (χ0) is 24.7. The smallest absolute Gasteiger partial charge is 0.390 e. The Balaban J connectivity index is 1.45. The summed E-state index contributed by atoms with van der Waals surface area (Å²) >= 11 is 0. The molecule has 0 saturated carbocycles. The molecule has 4 heteroatoms. The normalized spacial score (nSPS) is 10.4. The number of unbranched alkanes of at least 4 members (excludes halogenated alkanes) is 8. The fourth-order valence-electron chi connectivity index (χ4n) is 3.87. The van der Waals surface area contributed by atoms with Gasteiger partial charge in [0, 0.05) is 17.9 Å². The Morgan fingerprint density at radius 2 is 1.29 bits per heavy atom. The number of carbonyl (C=O) groups is 2. The van der Waals surface area contributed by atoms with Gasteiger partial charge < -0.3 is 9.47 Å². The molecule has 3 aromatic rings. The van der Waals surface area contributed by atoms with Crippen LogP contribution in [0.4, 0.5) is 0 Å². The highest BCUT2D eigenvalue weighted by atomic mass is 16.5. The number of ether oxygens (including phenoxy) is 2. The van der Waals surface area contributed by atoms with Gasteiger partial charge in [0.15, 0.2) is 0 Å². The second kappa shape index (κ2) is 14.6. The molecule has 0 N–H and O–H groups in total. The molecule has 0 fully saturated rings. The molecule has 0 aliphatic heterocycles. The maximum atomic E-state index is 12.3. The molecule has 0 aliphatic carbocycles. The van der Waals surface area contributed by atoms with E-state index < -0.39 is 5.97 Å². The summed E-state index contributed by atoms with van der Waals surface area (Å²) in [6.07, 6.45) is 11.3. The Labute approximate surface area is 208 Å². The van der Waals surface area contributed by atoms with Crippen LogP contribution in [0.3, 0.4) is 0 Å². The van der Waals surface area contributed by atoms with Crippen molar-refractivity contribution in [2.24, 2.45) is 0 Å². The predicted octanol–water partition coefficient (Wildman–Crippen LogP) is 7.62. The summed E-state index contributed by atoms with van der Waals surface area (Å²) in [7, 11) is 0. The van der Waals surface area contributed by atoms with Crippen LogP contribution in [0, 0.1) is 11.8 Å². The van der Waals surface area contributed by atoms with Crippen molar-refractivity contribution < 1.29 is 19.1 Å². The zero-order valence-corrected chi connectivity index (χ0v) is 20.6. The summed E-state index contributed by atoms with van der Waals surface area (Å²) in [5.41, 5.74) is 0.747. The number of benzene rings is 3. The summed E-state index contributed by atoms with van der Waals surface area (Å²) in [5.74, 6) is 5.32. The first-order valence-corrected chi connectivity index (χ1v) is 12.7. The number of rotatable bonds is 12. The highest BCUT2D eigenvalue weighted by molar-refractivity contribution is 5.92. The van der Waals surface area contributed by atoms with Crippen molar-refractivity contribution in [3.63, 3.8) is 0 Å². The van der Waals surface area contributed by atoms with Crippen LogP contribution in [0.2, 0.25) is 0 Å². The van der Waals surface area contributed by atoms with E-state index >= 15 is 0 Å². The van der Waals surface area contributed by atoms with Gasteiger partial charge in [-0.3, -0.25) is 4.79 Å². The SMILES string of the molecule is CCCCCCCCCCCC(=O)Oc1ccc2ccc(OC(=O)C#Cc3ccccc3)cc2c1. The minimum absolute atomic E-state index is 0.217. The van der Waals surface area contributed by atoms with E-state index in [4.69, 9.17) is 9.47 Å². The molecule has 182 valence electrons. The lowest BCUT2D eigenvalue weighted by Gasteiger charge is -2.07. The van der Waals surface area contributed by atoms with Crippen LogP contribution in [-0.4, -0.2) is 11.9 Å². The summed E-state index contributed by atoms with van der Waals surface area (Å²) in [6.45, 7) is 2.23. The van der Waals surface area contributed by atoms with E-state index in [0.29, 0.717) is 17.9 Å². The molecule has 0 unspecified atom stereocenters. The van der Waals surface area contributed by atoms with Crippen molar-refractivity contribution in [3.05, 3.63) is 72.3 Å². The molecule has 3 aromatic carbocycles. The molecule has 0 radical (unpaired) electrons. The third-order valence-electron chi connectivity index (χ3n) is 5.79. The lowest BCUT2D eigenvalue weighted by atomic mass is 10.1. The van der Waals surface area contributed by atoms with Crippen molar-refractivity contribution in [1.82, 2.24) is 0 Å². The van der Waals surface area contributed by atoms with E-state index in [1.54, 1.807) is 24.3 Å². The van der Waals surface area contributed by atoms with Gasteiger partial charge in [0.25, 0.3) is 0 Å². The number of hydrogen-bond acceptors (Lipinski definition) is 4. The van der Waals surface area contributed by atoms with Gasteiger partial charge in [-0.2, -0.15) is 0 Å². The van der Waals surface area contributed by atoms with E-state index in [0.717, 1.165) is 29.2 Å². The lowest BCUT2D eigenvalue weighted by molar-refractivity contribution is -0.134. The van der Waals surface area contributed by atoms with E-state index in [9.17, 15) is 9.59 Å². The van der Waals surface area contributed by atoms with Crippen molar-refractivity contribution in [3.8, 4) is 23.3 Å². The van der Waals surface area contributed by atoms with Crippen LogP contribution in [0.5, 0.6) is 11.5 Å². The monoisotopic (exact) mass is 470 g/mol. The van der Waals surface area contributed by atoms with Crippen LogP contribution in [0.1, 0.15) is 76.7 Å². The summed E-state index contributed by atoms with van der Waals surface area (Å²) in [6, 6.07) is 20.1. The summed E-state index contributed by atoms with van der Waals surface area (Å²) in [5, 5.41) is 1.78.